The maximum absolute atomic E-state index is 11.5. The first-order valence-electron chi connectivity index (χ1n) is 9.58. The van der Waals surface area contributed by atoms with Crippen molar-refractivity contribution < 1.29 is 23.1 Å². The van der Waals surface area contributed by atoms with Crippen molar-refractivity contribution in [1.29, 1.82) is 0 Å². The van der Waals surface area contributed by atoms with Crippen LogP contribution < -0.4 is 0 Å². The standard InChI is InChI=1S/C19H28N2O5S/c1-27(24,25)18-7-4-16(12-20-18)15-2-5-17(6-3-15)26-13-14-8-10-21(11-9-14)19(22)23/h4,7,12,14-15,17H,2-3,5-6,8-11,13H2,1H3,(H,22,23). The summed E-state index contributed by atoms with van der Waals surface area (Å²) in [6.45, 7) is 1.92. The zero-order valence-electron chi connectivity index (χ0n) is 15.7. The smallest absolute Gasteiger partial charge is 0.407 e. The van der Waals surface area contributed by atoms with Gasteiger partial charge in [-0.15, -0.1) is 0 Å². The SMILES string of the molecule is CS(=O)(=O)c1ccc(C2CCC(OCC3CCN(C(=O)O)CC3)CC2)cn1. The first kappa shape index (κ1) is 20.1. The van der Waals surface area contributed by atoms with Gasteiger partial charge in [-0.1, -0.05) is 6.07 Å². The number of ether oxygens (including phenoxy) is 1. The number of likely N-dealkylation sites (tertiary alicyclic amines) is 1. The molecule has 1 saturated carbocycles. The maximum atomic E-state index is 11.5. The van der Waals surface area contributed by atoms with E-state index in [-0.39, 0.29) is 11.1 Å². The van der Waals surface area contributed by atoms with Crippen molar-refractivity contribution in [3.8, 4) is 0 Å². The minimum absolute atomic E-state index is 0.122. The predicted octanol–water partition coefficient (Wildman–Crippen LogP) is 2.92. The number of hydrogen-bond donors (Lipinski definition) is 1. The van der Waals surface area contributed by atoms with Gasteiger partial charge in [0, 0.05) is 32.1 Å². The highest BCUT2D eigenvalue weighted by molar-refractivity contribution is 7.90. The molecule has 0 radical (unpaired) electrons. The predicted molar refractivity (Wildman–Crippen MR) is 101 cm³/mol. The Labute approximate surface area is 160 Å². The van der Waals surface area contributed by atoms with Crippen LogP contribution >= 0.6 is 0 Å². The van der Waals surface area contributed by atoms with E-state index in [1.54, 1.807) is 12.3 Å². The van der Waals surface area contributed by atoms with Crippen molar-refractivity contribution in [2.75, 3.05) is 26.0 Å². The van der Waals surface area contributed by atoms with Crippen molar-refractivity contribution in [2.24, 2.45) is 5.92 Å². The Bertz CT molecular complexity index is 734. The fraction of sp³-hybridized carbons (Fsp3) is 0.684. The largest absolute Gasteiger partial charge is 0.465 e. The summed E-state index contributed by atoms with van der Waals surface area (Å²) in [6, 6.07) is 3.47. The number of carboxylic acid groups (broad SMARTS) is 1. The third kappa shape index (κ3) is 5.42. The van der Waals surface area contributed by atoms with Crippen molar-refractivity contribution in [3.63, 3.8) is 0 Å². The summed E-state index contributed by atoms with van der Waals surface area (Å²) in [4.78, 5) is 16.5. The number of rotatable bonds is 5. The molecule has 2 aliphatic rings. The molecule has 1 aromatic rings. The second-order valence-electron chi connectivity index (χ2n) is 7.72. The summed E-state index contributed by atoms with van der Waals surface area (Å²) in [5, 5.41) is 9.11. The Morgan fingerprint density at radius 3 is 2.37 bits per heavy atom. The molecule has 0 bridgehead atoms. The van der Waals surface area contributed by atoms with Gasteiger partial charge in [0.1, 0.15) is 0 Å². The fourth-order valence-electron chi connectivity index (χ4n) is 3.98. The van der Waals surface area contributed by atoms with Gasteiger partial charge in [-0.3, -0.25) is 0 Å². The van der Waals surface area contributed by atoms with Gasteiger partial charge in [-0.2, -0.15) is 0 Å². The molecule has 0 spiro atoms. The van der Waals surface area contributed by atoms with Crippen molar-refractivity contribution in [2.45, 2.75) is 55.6 Å². The summed E-state index contributed by atoms with van der Waals surface area (Å²) >= 11 is 0. The van der Waals surface area contributed by atoms with Gasteiger partial charge < -0.3 is 14.7 Å². The molecule has 150 valence electrons. The molecule has 1 amide bonds. The number of aromatic nitrogens is 1. The number of nitrogens with zero attached hydrogens (tertiary/aromatic N) is 2. The topological polar surface area (TPSA) is 96.8 Å². The van der Waals surface area contributed by atoms with E-state index in [0.29, 0.717) is 31.5 Å². The summed E-state index contributed by atoms with van der Waals surface area (Å²) in [6.07, 6.45) is 8.07. The van der Waals surface area contributed by atoms with Gasteiger partial charge in [0.05, 0.1) is 6.10 Å². The highest BCUT2D eigenvalue weighted by Gasteiger charge is 2.26. The van der Waals surface area contributed by atoms with Crippen LogP contribution in [0, 0.1) is 5.92 Å². The van der Waals surface area contributed by atoms with Gasteiger partial charge in [-0.05, 0) is 62.0 Å². The van der Waals surface area contributed by atoms with Crippen LogP contribution in [0.4, 0.5) is 4.79 Å². The van der Waals surface area contributed by atoms with Crippen LogP contribution in [0.5, 0.6) is 0 Å². The third-order valence-corrected chi connectivity index (χ3v) is 6.74. The Morgan fingerprint density at radius 2 is 1.85 bits per heavy atom. The van der Waals surface area contributed by atoms with Crippen molar-refractivity contribution >= 4 is 15.9 Å². The van der Waals surface area contributed by atoms with Crippen LogP contribution in [-0.4, -0.2) is 61.6 Å². The first-order chi connectivity index (χ1) is 12.8. The number of pyridine rings is 1. The Morgan fingerprint density at radius 1 is 1.19 bits per heavy atom. The molecule has 1 aliphatic heterocycles. The molecule has 1 aliphatic carbocycles. The quantitative estimate of drug-likeness (QED) is 0.822. The molecular weight excluding hydrogens is 368 g/mol. The van der Waals surface area contributed by atoms with E-state index in [0.717, 1.165) is 44.1 Å². The molecule has 1 saturated heterocycles. The molecular formula is C19H28N2O5S. The van der Waals surface area contributed by atoms with Crippen LogP contribution in [0.3, 0.4) is 0 Å². The van der Waals surface area contributed by atoms with E-state index >= 15 is 0 Å². The zero-order chi connectivity index (χ0) is 19.4. The number of piperidine rings is 1. The number of sulfone groups is 1. The average molecular weight is 397 g/mol. The van der Waals surface area contributed by atoms with E-state index in [4.69, 9.17) is 9.84 Å². The molecule has 0 atom stereocenters. The monoisotopic (exact) mass is 396 g/mol. The van der Waals surface area contributed by atoms with E-state index in [1.165, 1.54) is 11.2 Å². The van der Waals surface area contributed by atoms with Gasteiger partial charge in [-0.25, -0.2) is 18.2 Å². The lowest BCUT2D eigenvalue weighted by molar-refractivity contribution is -0.00673. The Kier molecular flexibility index (Phi) is 6.37. The van der Waals surface area contributed by atoms with Gasteiger partial charge in [0.15, 0.2) is 14.9 Å². The Hall–Kier alpha value is -1.67. The third-order valence-electron chi connectivity index (χ3n) is 5.74. The lowest BCUT2D eigenvalue weighted by Gasteiger charge is -2.33. The number of carbonyl (C=O) groups is 1. The van der Waals surface area contributed by atoms with Crippen LogP contribution in [-0.2, 0) is 14.6 Å². The summed E-state index contributed by atoms with van der Waals surface area (Å²) in [5.41, 5.74) is 1.10. The number of hydrogen-bond acceptors (Lipinski definition) is 5. The van der Waals surface area contributed by atoms with E-state index in [1.807, 2.05) is 6.07 Å². The molecule has 1 N–H and O–H groups in total. The lowest BCUT2D eigenvalue weighted by atomic mass is 9.83. The van der Waals surface area contributed by atoms with Gasteiger partial charge in [0.25, 0.3) is 0 Å². The molecule has 0 unspecified atom stereocenters. The van der Waals surface area contributed by atoms with Crippen LogP contribution in [0.15, 0.2) is 23.4 Å². The maximum Gasteiger partial charge on any atom is 0.407 e. The molecule has 7 nitrogen and oxygen atoms in total. The summed E-state index contributed by atoms with van der Waals surface area (Å²) in [5.74, 6) is 0.857. The molecule has 1 aromatic heterocycles. The molecule has 0 aromatic carbocycles. The number of amides is 1. The first-order valence-corrected chi connectivity index (χ1v) is 11.5. The van der Waals surface area contributed by atoms with Crippen molar-refractivity contribution in [1.82, 2.24) is 9.88 Å². The molecule has 8 heteroatoms. The average Bonchev–Trinajstić information content (AvgIpc) is 2.66. The minimum Gasteiger partial charge on any atom is -0.465 e. The second kappa shape index (κ2) is 8.56. The normalized spacial score (nSPS) is 24.7. The summed E-state index contributed by atoms with van der Waals surface area (Å²) in [7, 11) is -3.25. The van der Waals surface area contributed by atoms with E-state index < -0.39 is 15.9 Å². The molecule has 3 rings (SSSR count). The molecule has 2 heterocycles. The van der Waals surface area contributed by atoms with Crippen molar-refractivity contribution in [3.05, 3.63) is 23.9 Å². The second-order valence-corrected chi connectivity index (χ2v) is 9.68. The van der Waals surface area contributed by atoms with E-state index in [2.05, 4.69) is 4.98 Å². The van der Waals surface area contributed by atoms with Crippen LogP contribution in [0.1, 0.15) is 50.0 Å². The highest BCUT2D eigenvalue weighted by Crippen LogP contribution is 2.34. The van der Waals surface area contributed by atoms with Crippen LogP contribution in [0.25, 0.3) is 0 Å². The molecule has 2 fully saturated rings. The molecule has 27 heavy (non-hydrogen) atoms. The Balaban J connectivity index is 1.41. The van der Waals surface area contributed by atoms with Crippen LogP contribution in [0.2, 0.25) is 0 Å². The highest BCUT2D eigenvalue weighted by atomic mass is 32.2. The minimum atomic E-state index is -3.25. The van der Waals surface area contributed by atoms with Gasteiger partial charge in [0.2, 0.25) is 0 Å². The lowest BCUT2D eigenvalue weighted by Crippen LogP contribution is -2.39. The fourth-order valence-corrected chi connectivity index (χ4v) is 4.54. The zero-order valence-corrected chi connectivity index (χ0v) is 16.5. The van der Waals surface area contributed by atoms with E-state index in [9.17, 15) is 13.2 Å². The summed E-state index contributed by atoms with van der Waals surface area (Å²) < 4.78 is 29.1. The van der Waals surface area contributed by atoms with Gasteiger partial charge >= 0.3 is 6.09 Å².